The number of hydrogen-bond acceptors (Lipinski definition) is 4. The zero-order valence-corrected chi connectivity index (χ0v) is 12.7. The maximum absolute atomic E-state index is 11.2. The van der Waals surface area contributed by atoms with Gasteiger partial charge in [-0.2, -0.15) is 5.26 Å². The zero-order valence-electron chi connectivity index (χ0n) is 12.7. The van der Waals surface area contributed by atoms with E-state index in [2.05, 4.69) is 6.92 Å². The Labute approximate surface area is 126 Å². The molecule has 0 bridgehead atoms. The van der Waals surface area contributed by atoms with E-state index in [1.807, 2.05) is 12.1 Å². The summed E-state index contributed by atoms with van der Waals surface area (Å²) in [6.07, 6.45) is 1.78. The number of nitrogens with zero attached hydrogens (tertiary/aromatic N) is 1. The average Bonchev–Trinajstić information content (AvgIpc) is 2.45. The van der Waals surface area contributed by atoms with Crippen molar-refractivity contribution in [1.29, 1.82) is 5.26 Å². The Bertz CT molecular complexity index is 493. The van der Waals surface area contributed by atoms with Crippen LogP contribution in [0.1, 0.15) is 51.2 Å². The van der Waals surface area contributed by atoms with E-state index in [0.717, 1.165) is 12.8 Å². The molecule has 2 unspecified atom stereocenters. The maximum Gasteiger partial charge on any atom is 0.130 e. The minimum atomic E-state index is -0.790. The molecule has 21 heavy (non-hydrogen) atoms. The molecule has 1 aromatic rings. The normalized spacial score (nSPS) is 13.2. The van der Waals surface area contributed by atoms with Crippen LogP contribution in [-0.2, 0) is 4.79 Å². The van der Waals surface area contributed by atoms with Crippen molar-refractivity contribution in [3.63, 3.8) is 0 Å². The summed E-state index contributed by atoms with van der Waals surface area (Å²) in [5.41, 5.74) is 0.674. The summed E-state index contributed by atoms with van der Waals surface area (Å²) in [5.74, 6) is 1.06. The molecule has 0 heterocycles. The van der Waals surface area contributed by atoms with E-state index in [4.69, 9.17) is 10.00 Å². The Hall–Kier alpha value is -1.86. The number of hydrogen-bond donors (Lipinski definition) is 1. The fourth-order valence-electron chi connectivity index (χ4n) is 2.29. The third-order valence-corrected chi connectivity index (χ3v) is 3.29. The second-order valence-corrected chi connectivity index (χ2v) is 5.32. The van der Waals surface area contributed by atoms with Crippen LogP contribution in [0.2, 0.25) is 0 Å². The third-order valence-electron chi connectivity index (χ3n) is 3.29. The van der Waals surface area contributed by atoms with Crippen molar-refractivity contribution in [3.8, 4) is 11.8 Å². The second kappa shape index (κ2) is 9.15. The van der Waals surface area contributed by atoms with Crippen molar-refractivity contribution in [1.82, 2.24) is 0 Å². The van der Waals surface area contributed by atoms with Crippen molar-refractivity contribution in [3.05, 3.63) is 29.8 Å². The van der Waals surface area contributed by atoms with Gasteiger partial charge in [-0.3, -0.25) is 0 Å². The summed E-state index contributed by atoms with van der Waals surface area (Å²) in [6, 6.07) is 9.08. The van der Waals surface area contributed by atoms with Crippen molar-refractivity contribution < 1.29 is 14.6 Å². The number of ether oxygens (including phenoxy) is 1. The molecule has 4 nitrogen and oxygen atoms in total. The molecule has 0 aliphatic heterocycles. The van der Waals surface area contributed by atoms with Crippen LogP contribution < -0.4 is 4.74 Å². The largest absolute Gasteiger partial charge is 0.493 e. The summed E-state index contributed by atoms with van der Waals surface area (Å²) < 4.78 is 5.74. The van der Waals surface area contributed by atoms with Gasteiger partial charge in [0.25, 0.3) is 0 Å². The zero-order chi connectivity index (χ0) is 15.7. The van der Waals surface area contributed by atoms with Crippen molar-refractivity contribution in [2.75, 3.05) is 6.61 Å². The van der Waals surface area contributed by atoms with Gasteiger partial charge in [0.05, 0.1) is 25.2 Å². The van der Waals surface area contributed by atoms with Crippen LogP contribution in [0.5, 0.6) is 5.75 Å². The van der Waals surface area contributed by atoms with Gasteiger partial charge in [-0.05, 0) is 37.0 Å². The lowest BCUT2D eigenvalue weighted by molar-refractivity contribution is -0.118. The molecule has 0 aliphatic rings. The standard InChI is InChI=1S/C17H23NO3/c1-3-5-14(10-13(2)19)12-21-16-7-4-6-15(11-16)17(20)8-9-18/h4,6-7,11,14,17,20H,3,5,8,10,12H2,1-2H3. The molecule has 1 aromatic carbocycles. The van der Waals surface area contributed by atoms with Gasteiger partial charge in [-0.25, -0.2) is 0 Å². The first-order valence-electron chi connectivity index (χ1n) is 7.34. The van der Waals surface area contributed by atoms with Crippen molar-refractivity contribution in [2.45, 2.75) is 45.6 Å². The molecule has 0 aromatic heterocycles. The number of benzene rings is 1. The van der Waals surface area contributed by atoms with Crippen molar-refractivity contribution in [2.24, 2.45) is 5.92 Å². The number of Topliss-reactive ketones (excluding diaryl/α,β-unsaturated/α-hetero) is 1. The monoisotopic (exact) mass is 289 g/mol. The van der Waals surface area contributed by atoms with Gasteiger partial charge in [0.2, 0.25) is 0 Å². The summed E-state index contributed by atoms with van der Waals surface area (Å²) in [5, 5.41) is 18.4. The number of carbonyl (C=O) groups is 1. The molecule has 0 saturated heterocycles. The van der Waals surface area contributed by atoms with Gasteiger partial charge in [-0.15, -0.1) is 0 Å². The fourth-order valence-corrected chi connectivity index (χ4v) is 2.29. The molecule has 0 amide bonds. The van der Waals surface area contributed by atoms with Gasteiger partial charge in [0.15, 0.2) is 0 Å². The number of carbonyl (C=O) groups excluding carboxylic acids is 1. The van der Waals surface area contributed by atoms with Gasteiger partial charge >= 0.3 is 0 Å². The summed E-state index contributed by atoms with van der Waals surface area (Å²) in [7, 11) is 0. The number of ketones is 1. The lowest BCUT2D eigenvalue weighted by Crippen LogP contribution is -2.15. The lowest BCUT2D eigenvalue weighted by atomic mass is 9.99. The van der Waals surface area contributed by atoms with Crippen LogP contribution in [0.4, 0.5) is 0 Å². The van der Waals surface area contributed by atoms with Gasteiger partial charge in [0, 0.05) is 6.42 Å². The Morgan fingerprint density at radius 3 is 2.86 bits per heavy atom. The predicted molar refractivity (Wildman–Crippen MR) is 80.8 cm³/mol. The van der Waals surface area contributed by atoms with E-state index in [0.29, 0.717) is 24.3 Å². The third kappa shape index (κ3) is 6.42. The highest BCUT2D eigenvalue weighted by atomic mass is 16.5. The SMILES string of the molecule is CCCC(COc1cccc(C(O)CC#N)c1)CC(C)=O. The molecular formula is C17H23NO3. The molecule has 0 radical (unpaired) electrons. The highest BCUT2D eigenvalue weighted by Crippen LogP contribution is 2.22. The van der Waals surface area contributed by atoms with Crippen LogP contribution in [-0.4, -0.2) is 17.5 Å². The quantitative estimate of drug-likeness (QED) is 0.756. The highest BCUT2D eigenvalue weighted by Gasteiger charge is 2.12. The van der Waals surface area contributed by atoms with E-state index in [1.54, 1.807) is 25.1 Å². The predicted octanol–water partition coefficient (Wildman–Crippen LogP) is 3.41. The van der Waals surface area contributed by atoms with Gasteiger partial charge < -0.3 is 14.6 Å². The number of aliphatic hydroxyl groups is 1. The Morgan fingerprint density at radius 2 is 2.24 bits per heavy atom. The van der Waals surface area contributed by atoms with Crippen LogP contribution in [0.3, 0.4) is 0 Å². The lowest BCUT2D eigenvalue weighted by Gasteiger charge is -2.16. The minimum Gasteiger partial charge on any atom is -0.493 e. The molecular weight excluding hydrogens is 266 g/mol. The molecule has 114 valence electrons. The van der Waals surface area contributed by atoms with Gasteiger partial charge in [0.1, 0.15) is 11.5 Å². The van der Waals surface area contributed by atoms with E-state index < -0.39 is 6.10 Å². The first-order valence-corrected chi connectivity index (χ1v) is 7.34. The molecule has 1 rings (SSSR count). The Balaban J connectivity index is 2.63. The highest BCUT2D eigenvalue weighted by molar-refractivity contribution is 5.75. The summed E-state index contributed by atoms with van der Waals surface area (Å²) >= 11 is 0. The number of aliphatic hydroxyl groups excluding tert-OH is 1. The molecule has 1 N–H and O–H groups in total. The molecule has 0 fully saturated rings. The van der Waals surface area contributed by atoms with E-state index in [-0.39, 0.29) is 18.1 Å². The second-order valence-electron chi connectivity index (χ2n) is 5.32. The van der Waals surface area contributed by atoms with Crippen LogP contribution in [0.15, 0.2) is 24.3 Å². The van der Waals surface area contributed by atoms with Crippen LogP contribution in [0.25, 0.3) is 0 Å². The number of rotatable bonds is 9. The van der Waals surface area contributed by atoms with Crippen LogP contribution >= 0.6 is 0 Å². The molecule has 0 spiro atoms. The number of nitriles is 1. The van der Waals surface area contributed by atoms with E-state index >= 15 is 0 Å². The minimum absolute atomic E-state index is 0.0618. The molecule has 2 atom stereocenters. The smallest absolute Gasteiger partial charge is 0.130 e. The molecule has 0 aliphatic carbocycles. The van der Waals surface area contributed by atoms with E-state index in [1.165, 1.54) is 0 Å². The first-order chi connectivity index (χ1) is 10.1. The molecule has 0 saturated carbocycles. The topological polar surface area (TPSA) is 70.3 Å². The first kappa shape index (κ1) is 17.2. The Kier molecular flexibility index (Phi) is 7.49. The van der Waals surface area contributed by atoms with E-state index in [9.17, 15) is 9.90 Å². The van der Waals surface area contributed by atoms with Gasteiger partial charge in [-0.1, -0.05) is 25.5 Å². The Morgan fingerprint density at radius 1 is 1.48 bits per heavy atom. The average molecular weight is 289 g/mol. The molecule has 4 heteroatoms. The maximum atomic E-state index is 11.2. The summed E-state index contributed by atoms with van der Waals surface area (Å²) in [4.78, 5) is 11.2. The summed E-state index contributed by atoms with van der Waals surface area (Å²) in [6.45, 7) is 4.18. The fraction of sp³-hybridized carbons (Fsp3) is 0.529. The van der Waals surface area contributed by atoms with Crippen molar-refractivity contribution >= 4 is 5.78 Å². The van der Waals surface area contributed by atoms with Crippen LogP contribution in [0, 0.1) is 17.2 Å².